The van der Waals surface area contributed by atoms with Gasteiger partial charge in [-0.2, -0.15) is 0 Å². The van der Waals surface area contributed by atoms with Crippen LogP contribution >= 0.6 is 0 Å². The van der Waals surface area contributed by atoms with E-state index in [0.717, 1.165) is 32.5 Å². The summed E-state index contributed by atoms with van der Waals surface area (Å²) >= 11 is 0. The fourth-order valence-corrected chi connectivity index (χ4v) is 2.72. The first-order chi connectivity index (χ1) is 10.1. The molecule has 21 heavy (non-hydrogen) atoms. The monoisotopic (exact) mass is 289 g/mol. The van der Waals surface area contributed by atoms with Gasteiger partial charge in [0, 0.05) is 31.7 Å². The van der Waals surface area contributed by atoms with Crippen molar-refractivity contribution in [3.05, 3.63) is 35.9 Å². The van der Waals surface area contributed by atoms with Crippen LogP contribution in [0.1, 0.15) is 25.8 Å². The van der Waals surface area contributed by atoms with Crippen molar-refractivity contribution < 1.29 is 4.79 Å². The third-order valence-electron chi connectivity index (χ3n) is 4.05. The average molecular weight is 289 g/mol. The van der Waals surface area contributed by atoms with Crippen LogP contribution < -0.4 is 10.6 Å². The zero-order chi connectivity index (χ0) is 15.1. The van der Waals surface area contributed by atoms with E-state index >= 15 is 0 Å². The SMILES string of the molecule is CC1CN(CC(=O)NCCCc2ccccc2)C(C)CN1. The van der Waals surface area contributed by atoms with Gasteiger partial charge in [0.1, 0.15) is 0 Å². The Balaban J connectivity index is 1.63. The lowest BCUT2D eigenvalue weighted by atomic mass is 10.1. The van der Waals surface area contributed by atoms with Crippen LogP contribution in [-0.2, 0) is 11.2 Å². The number of benzene rings is 1. The van der Waals surface area contributed by atoms with E-state index in [1.54, 1.807) is 0 Å². The molecular formula is C17H27N3O. The fraction of sp³-hybridized carbons (Fsp3) is 0.588. The van der Waals surface area contributed by atoms with Gasteiger partial charge in [-0.05, 0) is 32.3 Å². The van der Waals surface area contributed by atoms with Gasteiger partial charge < -0.3 is 10.6 Å². The molecule has 116 valence electrons. The fourth-order valence-electron chi connectivity index (χ4n) is 2.72. The van der Waals surface area contributed by atoms with E-state index in [1.165, 1.54) is 5.56 Å². The molecule has 1 amide bonds. The second-order valence-electron chi connectivity index (χ2n) is 6.03. The van der Waals surface area contributed by atoms with E-state index in [-0.39, 0.29) is 5.91 Å². The molecule has 1 aromatic carbocycles. The maximum Gasteiger partial charge on any atom is 0.234 e. The van der Waals surface area contributed by atoms with E-state index < -0.39 is 0 Å². The number of carbonyl (C=O) groups excluding carboxylic acids is 1. The van der Waals surface area contributed by atoms with E-state index in [2.05, 4.69) is 53.6 Å². The Morgan fingerprint density at radius 3 is 2.86 bits per heavy atom. The summed E-state index contributed by atoms with van der Waals surface area (Å²) in [6, 6.07) is 11.3. The Morgan fingerprint density at radius 1 is 1.33 bits per heavy atom. The number of nitrogens with one attached hydrogen (secondary N) is 2. The van der Waals surface area contributed by atoms with Crippen LogP contribution in [0.2, 0.25) is 0 Å². The van der Waals surface area contributed by atoms with Gasteiger partial charge in [0.2, 0.25) is 5.91 Å². The van der Waals surface area contributed by atoms with Crippen molar-refractivity contribution in [2.24, 2.45) is 0 Å². The summed E-state index contributed by atoms with van der Waals surface area (Å²) < 4.78 is 0. The molecule has 4 nitrogen and oxygen atoms in total. The number of nitrogens with zero attached hydrogens (tertiary/aromatic N) is 1. The summed E-state index contributed by atoms with van der Waals surface area (Å²) in [6.07, 6.45) is 2.01. The first kappa shape index (κ1) is 16.0. The number of rotatable bonds is 6. The minimum Gasteiger partial charge on any atom is -0.355 e. The number of hydrogen-bond donors (Lipinski definition) is 2. The van der Waals surface area contributed by atoms with Gasteiger partial charge in [-0.15, -0.1) is 0 Å². The van der Waals surface area contributed by atoms with Gasteiger partial charge in [0.05, 0.1) is 6.54 Å². The number of amides is 1. The van der Waals surface area contributed by atoms with Crippen molar-refractivity contribution in [2.75, 3.05) is 26.2 Å². The smallest absolute Gasteiger partial charge is 0.234 e. The Labute approximate surface area is 127 Å². The Hall–Kier alpha value is -1.39. The molecule has 1 aromatic rings. The van der Waals surface area contributed by atoms with Gasteiger partial charge in [-0.3, -0.25) is 9.69 Å². The van der Waals surface area contributed by atoms with E-state index in [4.69, 9.17) is 0 Å². The molecule has 1 aliphatic heterocycles. The first-order valence-electron chi connectivity index (χ1n) is 7.93. The van der Waals surface area contributed by atoms with E-state index in [9.17, 15) is 4.79 Å². The van der Waals surface area contributed by atoms with Crippen molar-refractivity contribution >= 4 is 5.91 Å². The summed E-state index contributed by atoms with van der Waals surface area (Å²) in [7, 11) is 0. The summed E-state index contributed by atoms with van der Waals surface area (Å²) in [6.45, 7) is 7.50. The van der Waals surface area contributed by atoms with Gasteiger partial charge >= 0.3 is 0 Å². The predicted octanol–water partition coefficient (Wildman–Crippen LogP) is 1.42. The molecule has 2 atom stereocenters. The second kappa shape index (κ2) is 8.15. The summed E-state index contributed by atoms with van der Waals surface area (Å²) in [5.74, 6) is 0.143. The lowest BCUT2D eigenvalue weighted by Gasteiger charge is -2.36. The molecule has 1 heterocycles. The normalized spacial score (nSPS) is 23.0. The molecule has 1 saturated heterocycles. The average Bonchev–Trinajstić information content (AvgIpc) is 2.48. The van der Waals surface area contributed by atoms with Crippen LogP contribution in [0.4, 0.5) is 0 Å². The van der Waals surface area contributed by atoms with Crippen LogP contribution in [-0.4, -0.2) is 49.1 Å². The Morgan fingerprint density at radius 2 is 2.10 bits per heavy atom. The minimum atomic E-state index is 0.143. The zero-order valence-corrected chi connectivity index (χ0v) is 13.1. The second-order valence-corrected chi connectivity index (χ2v) is 6.03. The zero-order valence-electron chi connectivity index (χ0n) is 13.1. The predicted molar refractivity (Wildman–Crippen MR) is 86.3 cm³/mol. The van der Waals surface area contributed by atoms with Crippen molar-refractivity contribution in [1.82, 2.24) is 15.5 Å². The van der Waals surface area contributed by atoms with Crippen molar-refractivity contribution in [3.8, 4) is 0 Å². The molecule has 2 rings (SSSR count). The summed E-state index contributed by atoms with van der Waals surface area (Å²) in [4.78, 5) is 14.3. The van der Waals surface area contributed by atoms with E-state index in [0.29, 0.717) is 18.6 Å². The van der Waals surface area contributed by atoms with Crippen LogP contribution in [0.15, 0.2) is 30.3 Å². The lowest BCUT2D eigenvalue weighted by molar-refractivity contribution is -0.123. The Kier molecular flexibility index (Phi) is 6.21. The first-order valence-corrected chi connectivity index (χ1v) is 7.93. The third kappa shape index (κ3) is 5.48. The molecule has 0 saturated carbocycles. The molecule has 1 fully saturated rings. The van der Waals surface area contributed by atoms with Crippen molar-refractivity contribution in [1.29, 1.82) is 0 Å². The van der Waals surface area contributed by atoms with Gasteiger partial charge in [0.25, 0.3) is 0 Å². The molecule has 2 N–H and O–H groups in total. The molecule has 2 unspecified atom stereocenters. The molecular weight excluding hydrogens is 262 g/mol. The molecule has 0 radical (unpaired) electrons. The number of piperazine rings is 1. The van der Waals surface area contributed by atoms with Crippen LogP contribution in [0.3, 0.4) is 0 Å². The topological polar surface area (TPSA) is 44.4 Å². The van der Waals surface area contributed by atoms with E-state index in [1.807, 2.05) is 6.07 Å². The van der Waals surface area contributed by atoms with Gasteiger partial charge in [0.15, 0.2) is 0 Å². The minimum absolute atomic E-state index is 0.143. The summed E-state index contributed by atoms with van der Waals surface area (Å²) in [5.41, 5.74) is 1.33. The summed E-state index contributed by atoms with van der Waals surface area (Å²) in [5, 5.41) is 6.47. The highest BCUT2D eigenvalue weighted by atomic mass is 16.2. The number of aryl methyl sites for hydroxylation is 1. The van der Waals surface area contributed by atoms with Crippen molar-refractivity contribution in [2.45, 2.75) is 38.8 Å². The van der Waals surface area contributed by atoms with Gasteiger partial charge in [-0.25, -0.2) is 0 Å². The number of carbonyl (C=O) groups is 1. The van der Waals surface area contributed by atoms with Crippen LogP contribution in [0.5, 0.6) is 0 Å². The Bertz CT molecular complexity index is 435. The van der Waals surface area contributed by atoms with Crippen molar-refractivity contribution in [3.63, 3.8) is 0 Å². The molecule has 0 aliphatic carbocycles. The largest absolute Gasteiger partial charge is 0.355 e. The molecule has 0 aromatic heterocycles. The van der Waals surface area contributed by atoms with Crippen LogP contribution in [0.25, 0.3) is 0 Å². The van der Waals surface area contributed by atoms with Crippen LogP contribution in [0, 0.1) is 0 Å². The standard InChI is InChI=1S/C17H27N3O/c1-14-12-20(15(2)11-19-14)13-17(21)18-10-6-9-16-7-4-3-5-8-16/h3-5,7-8,14-15,19H,6,9-13H2,1-2H3,(H,18,21). The molecule has 0 bridgehead atoms. The molecule has 0 spiro atoms. The lowest BCUT2D eigenvalue weighted by Crippen LogP contribution is -2.56. The highest BCUT2D eigenvalue weighted by Crippen LogP contribution is 2.06. The molecule has 1 aliphatic rings. The van der Waals surface area contributed by atoms with Gasteiger partial charge in [-0.1, -0.05) is 30.3 Å². The quantitative estimate of drug-likeness (QED) is 0.779. The number of hydrogen-bond acceptors (Lipinski definition) is 3. The maximum absolute atomic E-state index is 12.0. The third-order valence-corrected chi connectivity index (χ3v) is 4.05. The maximum atomic E-state index is 12.0. The highest BCUT2D eigenvalue weighted by Gasteiger charge is 2.23. The highest BCUT2D eigenvalue weighted by molar-refractivity contribution is 5.78. The molecule has 4 heteroatoms.